The van der Waals surface area contributed by atoms with Crippen molar-refractivity contribution in [1.29, 1.82) is 0 Å². The molecule has 0 saturated carbocycles. The Bertz CT molecular complexity index is 805. The highest BCUT2D eigenvalue weighted by atomic mass is 19.3. The van der Waals surface area contributed by atoms with Gasteiger partial charge in [0.1, 0.15) is 11.4 Å². The van der Waals surface area contributed by atoms with Crippen LogP contribution < -0.4 is 9.47 Å². The molecular weight excluding hydrogens is 344 g/mol. The standard InChI is InChI=1S/C18H21F2N3O3/c1-18(2)9-12-5-4-6-13(16(12)26-18)25-11-15(24)22(3)10-14-21-7-8-23(14)17(19)20/h4-8,17H,9-11H2,1-3H3. The molecule has 6 nitrogen and oxygen atoms in total. The van der Waals surface area contributed by atoms with Crippen molar-refractivity contribution < 1.29 is 23.0 Å². The van der Waals surface area contributed by atoms with Crippen LogP contribution in [0, 0.1) is 0 Å². The largest absolute Gasteiger partial charge is 0.483 e. The lowest BCUT2D eigenvalue weighted by molar-refractivity contribution is -0.132. The van der Waals surface area contributed by atoms with Gasteiger partial charge in [-0.25, -0.2) is 4.98 Å². The second-order valence-electron chi connectivity index (χ2n) is 6.85. The molecule has 0 saturated heterocycles. The minimum absolute atomic E-state index is 0.0318. The summed E-state index contributed by atoms with van der Waals surface area (Å²) >= 11 is 0. The number of para-hydroxylation sites is 1. The van der Waals surface area contributed by atoms with Crippen molar-refractivity contribution in [2.45, 2.75) is 39.0 Å². The first-order valence-corrected chi connectivity index (χ1v) is 8.24. The summed E-state index contributed by atoms with van der Waals surface area (Å²) < 4.78 is 38.0. The van der Waals surface area contributed by atoms with E-state index >= 15 is 0 Å². The first-order chi connectivity index (χ1) is 12.3. The van der Waals surface area contributed by atoms with Crippen LogP contribution in [0.25, 0.3) is 0 Å². The summed E-state index contributed by atoms with van der Waals surface area (Å²) in [6.45, 7) is 1.03. The summed E-state index contributed by atoms with van der Waals surface area (Å²) in [6.07, 6.45) is 3.23. The number of carbonyl (C=O) groups is 1. The molecule has 8 heteroatoms. The summed E-state index contributed by atoms with van der Waals surface area (Å²) in [5.41, 5.74) is 0.724. The number of rotatable bonds is 6. The van der Waals surface area contributed by atoms with E-state index < -0.39 is 6.55 Å². The molecule has 3 rings (SSSR count). The van der Waals surface area contributed by atoms with E-state index in [0.29, 0.717) is 11.5 Å². The van der Waals surface area contributed by atoms with E-state index in [0.717, 1.165) is 16.6 Å². The van der Waals surface area contributed by atoms with Gasteiger partial charge in [0.25, 0.3) is 5.91 Å². The number of fused-ring (bicyclic) bond motifs is 1. The van der Waals surface area contributed by atoms with Gasteiger partial charge in [-0.15, -0.1) is 0 Å². The minimum atomic E-state index is -2.69. The molecule has 1 aliphatic rings. The zero-order valence-electron chi connectivity index (χ0n) is 14.9. The van der Waals surface area contributed by atoms with E-state index in [-0.39, 0.29) is 30.5 Å². The highest BCUT2D eigenvalue weighted by Gasteiger charge is 2.32. The molecule has 0 N–H and O–H groups in total. The Balaban J connectivity index is 1.61. The van der Waals surface area contributed by atoms with Crippen LogP contribution in [0.2, 0.25) is 0 Å². The number of imidazole rings is 1. The number of ether oxygens (including phenoxy) is 2. The molecule has 0 aliphatic carbocycles. The summed E-state index contributed by atoms with van der Waals surface area (Å²) in [7, 11) is 1.52. The Hall–Kier alpha value is -2.64. The molecule has 140 valence electrons. The number of hydrogen-bond acceptors (Lipinski definition) is 4. The third-order valence-corrected chi connectivity index (χ3v) is 4.17. The van der Waals surface area contributed by atoms with Crippen molar-refractivity contribution in [3.05, 3.63) is 42.0 Å². The molecule has 0 bridgehead atoms. The molecule has 26 heavy (non-hydrogen) atoms. The number of hydrogen-bond donors (Lipinski definition) is 0. The first-order valence-electron chi connectivity index (χ1n) is 8.24. The van der Waals surface area contributed by atoms with E-state index in [1.807, 2.05) is 26.0 Å². The molecule has 0 spiro atoms. The third kappa shape index (κ3) is 3.79. The summed E-state index contributed by atoms with van der Waals surface area (Å²) in [6, 6.07) is 5.57. The second kappa shape index (κ2) is 6.93. The van der Waals surface area contributed by atoms with E-state index in [1.165, 1.54) is 24.3 Å². The number of halogens is 2. The summed E-state index contributed by atoms with van der Waals surface area (Å²) in [5.74, 6) is 0.926. The maximum absolute atomic E-state index is 12.9. The van der Waals surface area contributed by atoms with Gasteiger partial charge in [-0.3, -0.25) is 9.36 Å². The van der Waals surface area contributed by atoms with Gasteiger partial charge in [-0.05, 0) is 19.9 Å². The molecule has 1 aromatic heterocycles. The van der Waals surface area contributed by atoms with Crippen molar-refractivity contribution in [1.82, 2.24) is 14.5 Å². The number of alkyl halides is 2. The maximum atomic E-state index is 12.9. The molecule has 2 heterocycles. The minimum Gasteiger partial charge on any atom is -0.483 e. The average molecular weight is 365 g/mol. The lowest BCUT2D eigenvalue weighted by atomic mass is 10.0. The molecule has 0 unspecified atom stereocenters. The van der Waals surface area contributed by atoms with E-state index in [9.17, 15) is 13.6 Å². The number of benzene rings is 1. The predicted molar refractivity (Wildman–Crippen MR) is 90.3 cm³/mol. The fourth-order valence-electron chi connectivity index (χ4n) is 2.90. The van der Waals surface area contributed by atoms with Gasteiger partial charge in [0.05, 0.1) is 6.54 Å². The lowest BCUT2D eigenvalue weighted by Gasteiger charge is -2.20. The fraction of sp³-hybridized carbons (Fsp3) is 0.444. The number of likely N-dealkylation sites (N-methyl/N-ethyl adjacent to an activating group) is 1. The molecular formula is C18H21F2N3O3. The maximum Gasteiger partial charge on any atom is 0.319 e. The monoisotopic (exact) mass is 365 g/mol. The smallest absolute Gasteiger partial charge is 0.319 e. The topological polar surface area (TPSA) is 56.6 Å². The summed E-state index contributed by atoms with van der Waals surface area (Å²) in [4.78, 5) is 17.5. The normalized spacial score (nSPS) is 14.8. The molecule has 0 radical (unpaired) electrons. The Labute approximate surface area is 150 Å². The van der Waals surface area contributed by atoms with Gasteiger partial charge in [0.2, 0.25) is 0 Å². The summed E-state index contributed by atoms with van der Waals surface area (Å²) in [5, 5.41) is 0. The van der Waals surface area contributed by atoms with Crippen molar-refractivity contribution in [2.24, 2.45) is 0 Å². The number of nitrogens with zero attached hydrogens (tertiary/aromatic N) is 3. The zero-order chi connectivity index (χ0) is 18.9. The van der Waals surface area contributed by atoms with Crippen LogP contribution >= 0.6 is 0 Å². The molecule has 2 aromatic rings. The number of aromatic nitrogens is 2. The van der Waals surface area contributed by atoms with Gasteiger partial charge >= 0.3 is 6.55 Å². The van der Waals surface area contributed by atoms with Crippen molar-refractivity contribution >= 4 is 5.91 Å². The van der Waals surface area contributed by atoms with Crippen LogP contribution in [0.1, 0.15) is 31.8 Å². The van der Waals surface area contributed by atoms with Crippen LogP contribution in [-0.4, -0.2) is 39.6 Å². The highest BCUT2D eigenvalue weighted by molar-refractivity contribution is 5.77. The van der Waals surface area contributed by atoms with Gasteiger partial charge in [0.15, 0.2) is 18.1 Å². The van der Waals surface area contributed by atoms with Crippen molar-refractivity contribution in [2.75, 3.05) is 13.7 Å². The predicted octanol–water partition coefficient (Wildman–Crippen LogP) is 3.03. The quantitative estimate of drug-likeness (QED) is 0.790. The Morgan fingerprint density at radius 1 is 1.46 bits per heavy atom. The number of carbonyl (C=O) groups excluding carboxylic acids is 1. The van der Waals surface area contributed by atoms with Crippen LogP contribution in [0.5, 0.6) is 11.5 Å². The molecule has 0 atom stereocenters. The second-order valence-corrected chi connectivity index (χ2v) is 6.85. The van der Waals surface area contributed by atoms with E-state index in [1.54, 1.807) is 6.07 Å². The van der Waals surface area contributed by atoms with Gasteiger partial charge in [-0.1, -0.05) is 12.1 Å². The van der Waals surface area contributed by atoms with E-state index in [4.69, 9.17) is 9.47 Å². The Kier molecular flexibility index (Phi) is 4.84. The van der Waals surface area contributed by atoms with Crippen molar-refractivity contribution in [3.63, 3.8) is 0 Å². The van der Waals surface area contributed by atoms with E-state index in [2.05, 4.69) is 4.98 Å². The Morgan fingerprint density at radius 2 is 2.23 bits per heavy atom. The zero-order valence-corrected chi connectivity index (χ0v) is 14.9. The van der Waals surface area contributed by atoms with Gasteiger partial charge in [0, 0.05) is 31.4 Å². The molecule has 1 aromatic carbocycles. The molecule has 0 fully saturated rings. The van der Waals surface area contributed by atoms with Crippen molar-refractivity contribution in [3.8, 4) is 11.5 Å². The lowest BCUT2D eigenvalue weighted by Crippen LogP contribution is -2.32. The van der Waals surface area contributed by atoms with Gasteiger partial charge in [-0.2, -0.15) is 8.78 Å². The molecule has 1 aliphatic heterocycles. The highest BCUT2D eigenvalue weighted by Crippen LogP contribution is 2.41. The van der Waals surface area contributed by atoms with Crippen LogP contribution in [0.3, 0.4) is 0 Å². The Morgan fingerprint density at radius 3 is 2.96 bits per heavy atom. The van der Waals surface area contributed by atoms with Crippen LogP contribution in [0.4, 0.5) is 8.78 Å². The third-order valence-electron chi connectivity index (χ3n) is 4.17. The first kappa shape index (κ1) is 18.2. The SMILES string of the molecule is CN(Cc1nccn1C(F)F)C(=O)COc1cccc2c1OC(C)(C)C2. The molecule has 1 amide bonds. The van der Waals surface area contributed by atoms with Crippen LogP contribution in [-0.2, 0) is 17.8 Å². The number of amides is 1. The van der Waals surface area contributed by atoms with Gasteiger partial charge < -0.3 is 14.4 Å². The van der Waals surface area contributed by atoms with Crippen LogP contribution in [0.15, 0.2) is 30.6 Å². The average Bonchev–Trinajstić information content (AvgIpc) is 3.14. The fourth-order valence-corrected chi connectivity index (χ4v) is 2.90.